The maximum Gasteiger partial charge on any atom is 0.249 e. The topological polar surface area (TPSA) is 78.7 Å². The van der Waals surface area contributed by atoms with E-state index in [0.717, 1.165) is 62.7 Å². The number of anilines is 2. The van der Waals surface area contributed by atoms with Crippen molar-refractivity contribution in [3.63, 3.8) is 0 Å². The summed E-state index contributed by atoms with van der Waals surface area (Å²) in [6.45, 7) is 4.63. The number of nitrogens with zero attached hydrogens (tertiary/aromatic N) is 6. The fourth-order valence-electron chi connectivity index (χ4n) is 3.60. The molecule has 2 aliphatic rings. The minimum Gasteiger partial charge on any atom is -0.354 e. The number of fused-ring (bicyclic) bond motifs is 1. The zero-order chi connectivity index (χ0) is 18.9. The van der Waals surface area contributed by atoms with E-state index in [4.69, 9.17) is 0 Å². The zero-order valence-corrected chi connectivity index (χ0v) is 15.7. The van der Waals surface area contributed by atoms with Gasteiger partial charge in [-0.2, -0.15) is 9.50 Å². The first-order valence-electron chi connectivity index (χ1n) is 9.80. The Kier molecular flexibility index (Phi) is 4.40. The Bertz CT molecular complexity index is 975. The van der Waals surface area contributed by atoms with Gasteiger partial charge >= 0.3 is 0 Å². The van der Waals surface area contributed by atoms with Crippen molar-refractivity contribution in [1.82, 2.24) is 24.5 Å². The molecule has 0 aromatic carbocycles. The van der Waals surface area contributed by atoms with Crippen LogP contribution in [0.15, 0.2) is 42.6 Å². The van der Waals surface area contributed by atoms with Gasteiger partial charge in [-0.3, -0.25) is 20.0 Å². The molecule has 0 atom stereocenters. The van der Waals surface area contributed by atoms with Crippen molar-refractivity contribution in [2.45, 2.75) is 19.4 Å². The highest BCUT2D eigenvalue weighted by Crippen LogP contribution is 2.30. The molecule has 1 saturated carbocycles. The van der Waals surface area contributed by atoms with Gasteiger partial charge in [-0.25, -0.2) is 0 Å². The standard InChI is InChI=1S/C20H23N7O/c28-19(15-7-8-15)23-20-22-17-5-3-6-18(27(17)24-20)26-12-10-25(11-13-26)14-16-4-1-2-9-21-16/h1-6,9,15H,7-8,10-14H2,(H,23,24,28). The molecule has 0 spiro atoms. The van der Waals surface area contributed by atoms with E-state index in [2.05, 4.69) is 42.3 Å². The quantitative estimate of drug-likeness (QED) is 0.730. The summed E-state index contributed by atoms with van der Waals surface area (Å²) in [6.07, 6.45) is 3.77. The van der Waals surface area contributed by atoms with Gasteiger partial charge in [0.25, 0.3) is 0 Å². The molecule has 1 saturated heterocycles. The number of hydrogen-bond acceptors (Lipinski definition) is 6. The molecule has 1 N–H and O–H groups in total. The van der Waals surface area contributed by atoms with Crippen molar-refractivity contribution in [2.75, 3.05) is 36.4 Å². The van der Waals surface area contributed by atoms with Gasteiger partial charge in [0.15, 0.2) is 5.65 Å². The fraction of sp³-hybridized carbons (Fsp3) is 0.400. The van der Waals surface area contributed by atoms with Crippen LogP contribution in [-0.4, -0.2) is 56.6 Å². The average molecular weight is 377 g/mol. The van der Waals surface area contributed by atoms with E-state index >= 15 is 0 Å². The molecule has 4 heterocycles. The SMILES string of the molecule is O=C(Nc1nc2cccc(N3CCN(Cc4ccccn4)CC3)n2n1)C1CC1. The molecule has 8 heteroatoms. The van der Waals surface area contributed by atoms with Crippen molar-refractivity contribution in [3.05, 3.63) is 48.3 Å². The number of piperazine rings is 1. The average Bonchev–Trinajstić information content (AvgIpc) is 3.49. The highest BCUT2D eigenvalue weighted by Gasteiger charge is 2.30. The third-order valence-electron chi connectivity index (χ3n) is 5.33. The van der Waals surface area contributed by atoms with Gasteiger partial charge in [0, 0.05) is 44.8 Å². The summed E-state index contributed by atoms with van der Waals surface area (Å²) in [4.78, 5) is 25.6. The normalized spacial score (nSPS) is 17.8. The Hall–Kier alpha value is -3.00. The Morgan fingerprint density at radius 1 is 1.07 bits per heavy atom. The molecule has 3 aromatic rings. The first-order valence-corrected chi connectivity index (χ1v) is 9.80. The molecule has 0 radical (unpaired) electrons. The van der Waals surface area contributed by atoms with Crippen LogP contribution in [0.3, 0.4) is 0 Å². The predicted octanol–water partition coefficient (Wildman–Crippen LogP) is 1.79. The molecule has 5 rings (SSSR count). The van der Waals surface area contributed by atoms with Gasteiger partial charge < -0.3 is 4.90 Å². The fourth-order valence-corrected chi connectivity index (χ4v) is 3.60. The Balaban J connectivity index is 1.28. The second kappa shape index (κ2) is 7.20. The summed E-state index contributed by atoms with van der Waals surface area (Å²) < 4.78 is 1.83. The molecule has 1 aliphatic carbocycles. The van der Waals surface area contributed by atoms with Crippen LogP contribution < -0.4 is 10.2 Å². The van der Waals surface area contributed by atoms with E-state index < -0.39 is 0 Å². The highest BCUT2D eigenvalue weighted by molar-refractivity contribution is 5.92. The number of carbonyl (C=O) groups excluding carboxylic acids is 1. The molecule has 2 fully saturated rings. The lowest BCUT2D eigenvalue weighted by molar-refractivity contribution is -0.117. The minimum atomic E-state index is 0.0283. The molecular formula is C20H23N7O. The van der Waals surface area contributed by atoms with Crippen LogP contribution >= 0.6 is 0 Å². The smallest absolute Gasteiger partial charge is 0.249 e. The summed E-state index contributed by atoms with van der Waals surface area (Å²) in [5.41, 5.74) is 1.85. The number of aromatic nitrogens is 4. The van der Waals surface area contributed by atoms with E-state index in [1.807, 2.05) is 35.0 Å². The molecule has 144 valence electrons. The molecule has 8 nitrogen and oxygen atoms in total. The van der Waals surface area contributed by atoms with Crippen LogP contribution in [0.4, 0.5) is 11.8 Å². The lowest BCUT2D eigenvalue weighted by Gasteiger charge is -2.35. The molecule has 0 bridgehead atoms. The van der Waals surface area contributed by atoms with Gasteiger partial charge in [0.2, 0.25) is 11.9 Å². The van der Waals surface area contributed by atoms with E-state index in [1.165, 1.54) is 0 Å². The number of carbonyl (C=O) groups is 1. The summed E-state index contributed by atoms with van der Waals surface area (Å²) in [5.74, 6) is 1.56. The third-order valence-corrected chi connectivity index (χ3v) is 5.33. The van der Waals surface area contributed by atoms with Crippen molar-refractivity contribution in [1.29, 1.82) is 0 Å². The van der Waals surface area contributed by atoms with Gasteiger partial charge in [-0.05, 0) is 37.1 Å². The van der Waals surface area contributed by atoms with Crippen LogP contribution in [0.1, 0.15) is 18.5 Å². The maximum absolute atomic E-state index is 12.0. The van der Waals surface area contributed by atoms with E-state index in [1.54, 1.807) is 0 Å². The lowest BCUT2D eigenvalue weighted by atomic mass is 10.2. The van der Waals surface area contributed by atoms with Gasteiger partial charge in [0.1, 0.15) is 5.82 Å². The lowest BCUT2D eigenvalue weighted by Crippen LogP contribution is -2.46. The first kappa shape index (κ1) is 17.1. The van der Waals surface area contributed by atoms with Crippen molar-refractivity contribution in [2.24, 2.45) is 5.92 Å². The van der Waals surface area contributed by atoms with Gasteiger partial charge in [0.05, 0.1) is 5.69 Å². The monoisotopic (exact) mass is 377 g/mol. The van der Waals surface area contributed by atoms with Gasteiger partial charge in [-0.15, -0.1) is 5.10 Å². The molecule has 0 unspecified atom stereocenters. The van der Waals surface area contributed by atoms with E-state index in [0.29, 0.717) is 5.95 Å². The Morgan fingerprint density at radius 3 is 2.68 bits per heavy atom. The number of amides is 1. The summed E-state index contributed by atoms with van der Waals surface area (Å²) in [5, 5.41) is 7.38. The molecular weight excluding hydrogens is 354 g/mol. The minimum absolute atomic E-state index is 0.0283. The van der Waals surface area contributed by atoms with Crippen LogP contribution in [0.5, 0.6) is 0 Å². The zero-order valence-electron chi connectivity index (χ0n) is 15.7. The largest absolute Gasteiger partial charge is 0.354 e. The molecule has 3 aromatic heterocycles. The number of nitrogens with one attached hydrogen (secondary N) is 1. The molecule has 1 amide bonds. The Morgan fingerprint density at radius 2 is 1.93 bits per heavy atom. The number of hydrogen-bond donors (Lipinski definition) is 1. The van der Waals surface area contributed by atoms with Crippen molar-refractivity contribution < 1.29 is 4.79 Å². The summed E-state index contributed by atoms with van der Waals surface area (Å²) >= 11 is 0. The van der Waals surface area contributed by atoms with Crippen molar-refractivity contribution in [3.8, 4) is 0 Å². The summed E-state index contributed by atoms with van der Waals surface area (Å²) in [7, 11) is 0. The molecule has 1 aliphatic heterocycles. The van der Waals surface area contributed by atoms with Crippen LogP contribution in [0.2, 0.25) is 0 Å². The first-order chi connectivity index (χ1) is 13.8. The Labute approximate surface area is 163 Å². The van der Waals surface area contributed by atoms with Crippen LogP contribution in [0, 0.1) is 5.92 Å². The highest BCUT2D eigenvalue weighted by atomic mass is 16.2. The second-order valence-corrected chi connectivity index (χ2v) is 7.44. The van der Waals surface area contributed by atoms with Crippen LogP contribution in [0.25, 0.3) is 5.65 Å². The van der Waals surface area contributed by atoms with Crippen molar-refractivity contribution >= 4 is 23.3 Å². The van der Waals surface area contributed by atoms with Crippen LogP contribution in [-0.2, 0) is 11.3 Å². The van der Waals surface area contributed by atoms with Gasteiger partial charge in [-0.1, -0.05) is 12.1 Å². The number of pyridine rings is 2. The van der Waals surface area contributed by atoms with E-state index in [9.17, 15) is 4.79 Å². The summed E-state index contributed by atoms with van der Waals surface area (Å²) in [6, 6.07) is 12.0. The molecule has 28 heavy (non-hydrogen) atoms. The third kappa shape index (κ3) is 3.55. The maximum atomic E-state index is 12.0. The van der Waals surface area contributed by atoms with E-state index in [-0.39, 0.29) is 11.8 Å². The second-order valence-electron chi connectivity index (χ2n) is 7.44. The number of rotatable bonds is 5. The predicted molar refractivity (Wildman–Crippen MR) is 106 cm³/mol.